The van der Waals surface area contributed by atoms with Crippen LogP contribution in [0.2, 0.25) is 0 Å². The predicted octanol–water partition coefficient (Wildman–Crippen LogP) is 0.708. The van der Waals surface area contributed by atoms with Crippen LogP contribution in [0, 0.1) is 12.8 Å². The van der Waals surface area contributed by atoms with Gasteiger partial charge in [-0.05, 0) is 25.7 Å². The van der Waals surface area contributed by atoms with E-state index >= 15 is 0 Å². The average molecular weight is 372 g/mol. The molecule has 0 amide bonds. The standard InChI is InChI=1S/C18H28N8O/c1-14-9-17(21-18(19)20-14)25-4-2-3-15(10-25)11-26-13-16(22-23-26)12-24-5-7-27-8-6-24/h9,13,15H,2-8,10-12H2,1H3,(H2,19,20,21). The molecule has 2 N–H and O–H groups in total. The number of nitrogen functional groups attached to an aromatic ring is 1. The Bertz CT molecular complexity index is 737. The lowest BCUT2D eigenvalue weighted by Crippen LogP contribution is -2.37. The summed E-state index contributed by atoms with van der Waals surface area (Å²) >= 11 is 0. The third kappa shape index (κ3) is 4.72. The Morgan fingerprint density at radius 1 is 1.22 bits per heavy atom. The quantitative estimate of drug-likeness (QED) is 0.819. The fourth-order valence-electron chi connectivity index (χ4n) is 3.91. The molecular formula is C18H28N8O. The predicted molar refractivity (Wildman–Crippen MR) is 102 cm³/mol. The van der Waals surface area contributed by atoms with Gasteiger partial charge in [-0.25, -0.2) is 4.98 Å². The first kappa shape index (κ1) is 18.1. The second kappa shape index (κ2) is 8.18. The van der Waals surface area contributed by atoms with E-state index in [0.717, 1.165) is 76.1 Å². The van der Waals surface area contributed by atoms with Crippen molar-refractivity contribution in [3.63, 3.8) is 0 Å². The van der Waals surface area contributed by atoms with Gasteiger partial charge in [0.15, 0.2) is 0 Å². The van der Waals surface area contributed by atoms with E-state index in [1.807, 2.05) is 17.7 Å². The molecule has 1 unspecified atom stereocenters. The fourth-order valence-corrected chi connectivity index (χ4v) is 3.91. The minimum Gasteiger partial charge on any atom is -0.379 e. The lowest BCUT2D eigenvalue weighted by molar-refractivity contribution is 0.0336. The molecule has 9 nitrogen and oxygen atoms in total. The molecule has 0 radical (unpaired) electrons. The van der Waals surface area contributed by atoms with Gasteiger partial charge in [0.1, 0.15) is 5.82 Å². The SMILES string of the molecule is Cc1cc(N2CCCC(Cn3cc(CN4CCOCC4)nn3)C2)nc(N)n1. The maximum atomic E-state index is 5.82. The number of rotatable bonds is 5. The molecule has 9 heteroatoms. The summed E-state index contributed by atoms with van der Waals surface area (Å²) in [6.45, 7) is 9.18. The molecule has 0 saturated carbocycles. The van der Waals surface area contributed by atoms with Crippen LogP contribution in [0.1, 0.15) is 24.2 Å². The van der Waals surface area contributed by atoms with E-state index in [0.29, 0.717) is 11.9 Å². The Hall–Kier alpha value is -2.26. The molecular weight excluding hydrogens is 344 g/mol. The lowest BCUT2D eigenvalue weighted by atomic mass is 9.98. The highest BCUT2D eigenvalue weighted by atomic mass is 16.5. The smallest absolute Gasteiger partial charge is 0.222 e. The van der Waals surface area contributed by atoms with Crippen LogP contribution in [0.25, 0.3) is 0 Å². The molecule has 4 rings (SSSR count). The number of hydrogen-bond donors (Lipinski definition) is 1. The van der Waals surface area contributed by atoms with Crippen molar-refractivity contribution in [2.24, 2.45) is 5.92 Å². The van der Waals surface area contributed by atoms with Crippen LogP contribution in [0.15, 0.2) is 12.3 Å². The maximum Gasteiger partial charge on any atom is 0.222 e. The van der Waals surface area contributed by atoms with Crippen molar-refractivity contribution >= 4 is 11.8 Å². The second-order valence-electron chi connectivity index (χ2n) is 7.50. The van der Waals surface area contributed by atoms with E-state index in [-0.39, 0.29) is 0 Å². The van der Waals surface area contributed by atoms with Gasteiger partial charge in [0.2, 0.25) is 5.95 Å². The van der Waals surface area contributed by atoms with Crippen LogP contribution in [0.4, 0.5) is 11.8 Å². The summed E-state index contributed by atoms with van der Waals surface area (Å²) in [4.78, 5) is 13.3. The highest BCUT2D eigenvalue weighted by Gasteiger charge is 2.22. The Balaban J connectivity index is 1.35. The van der Waals surface area contributed by atoms with Gasteiger partial charge < -0.3 is 15.4 Å². The summed E-state index contributed by atoms with van der Waals surface area (Å²) in [5.74, 6) is 1.79. The molecule has 0 bridgehead atoms. The van der Waals surface area contributed by atoms with Crippen LogP contribution < -0.4 is 10.6 Å². The van der Waals surface area contributed by atoms with Crippen molar-refractivity contribution in [2.45, 2.75) is 32.9 Å². The molecule has 0 aliphatic carbocycles. The summed E-state index contributed by atoms with van der Waals surface area (Å²) in [5.41, 5.74) is 7.76. The summed E-state index contributed by atoms with van der Waals surface area (Å²) < 4.78 is 7.39. The second-order valence-corrected chi connectivity index (χ2v) is 7.50. The number of anilines is 2. The van der Waals surface area contributed by atoms with Crippen molar-refractivity contribution < 1.29 is 4.74 Å². The zero-order chi connectivity index (χ0) is 18.6. The monoisotopic (exact) mass is 372 g/mol. The van der Waals surface area contributed by atoms with Gasteiger partial charge in [0.05, 0.1) is 18.9 Å². The summed E-state index contributed by atoms with van der Waals surface area (Å²) in [6.07, 6.45) is 4.42. The molecule has 2 aromatic rings. The van der Waals surface area contributed by atoms with Crippen molar-refractivity contribution in [1.29, 1.82) is 0 Å². The molecule has 2 aromatic heterocycles. The van der Waals surface area contributed by atoms with E-state index < -0.39 is 0 Å². The molecule has 0 aromatic carbocycles. The number of hydrogen-bond acceptors (Lipinski definition) is 8. The first-order valence-corrected chi connectivity index (χ1v) is 9.71. The highest BCUT2D eigenvalue weighted by Crippen LogP contribution is 2.23. The number of aryl methyl sites for hydroxylation is 1. The van der Waals surface area contributed by atoms with Crippen LogP contribution in [0.5, 0.6) is 0 Å². The number of aromatic nitrogens is 5. The third-order valence-electron chi connectivity index (χ3n) is 5.22. The van der Waals surface area contributed by atoms with E-state index in [9.17, 15) is 0 Å². The van der Waals surface area contributed by atoms with Gasteiger partial charge in [-0.2, -0.15) is 4.98 Å². The van der Waals surface area contributed by atoms with Gasteiger partial charge in [0.25, 0.3) is 0 Å². The molecule has 2 aliphatic rings. The zero-order valence-corrected chi connectivity index (χ0v) is 15.9. The Morgan fingerprint density at radius 3 is 2.89 bits per heavy atom. The molecule has 146 valence electrons. The van der Waals surface area contributed by atoms with E-state index in [4.69, 9.17) is 10.5 Å². The normalized spacial score (nSPS) is 21.5. The molecule has 4 heterocycles. The van der Waals surface area contributed by atoms with Crippen molar-refractivity contribution in [1.82, 2.24) is 29.9 Å². The van der Waals surface area contributed by atoms with Crippen LogP contribution in [-0.2, 0) is 17.8 Å². The minimum absolute atomic E-state index is 0.344. The van der Waals surface area contributed by atoms with E-state index in [2.05, 4.69) is 36.3 Å². The van der Waals surface area contributed by atoms with Crippen molar-refractivity contribution in [2.75, 3.05) is 50.0 Å². The van der Waals surface area contributed by atoms with Gasteiger partial charge in [-0.3, -0.25) is 9.58 Å². The number of nitrogens with zero attached hydrogens (tertiary/aromatic N) is 7. The van der Waals surface area contributed by atoms with Crippen LogP contribution in [-0.4, -0.2) is 69.3 Å². The first-order chi connectivity index (χ1) is 13.2. The molecule has 2 fully saturated rings. The average Bonchev–Trinajstić information content (AvgIpc) is 3.09. The number of nitrogens with two attached hydrogens (primary N) is 1. The number of morpholine rings is 1. The van der Waals surface area contributed by atoms with E-state index in [1.54, 1.807) is 0 Å². The molecule has 1 atom stereocenters. The van der Waals surface area contributed by atoms with Gasteiger partial charge in [-0.1, -0.05) is 5.21 Å². The van der Waals surface area contributed by atoms with E-state index in [1.165, 1.54) is 6.42 Å². The van der Waals surface area contributed by atoms with Crippen molar-refractivity contribution in [3.8, 4) is 0 Å². The molecule has 27 heavy (non-hydrogen) atoms. The maximum absolute atomic E-state index is 5.82. The Morgan fingerprint density at radius 2 is 2.07 bits per heavy atom. The molecule has 0 spiro atoms. The fraction of sp³-hybridized carbons (Fsp3) is 0.667. The van der Waals surface area contributed by atoms with Gasteiger partial charge in [-0.15, -0.1) is 5.10 Å². The largest absolute Gasteiger partial charge is 0.379 e. The summed E-state index contributed by atoms with van der Waals surface area (Å²) in [7, 11) is 0. The zero-order valence-electron chi connectivity index (χ0n) is 15.9. The number of piperidine rings is 1. The topological polar surface area (TPSA) is 98.2 Å². The van der Waals surface area contributed by atoms with Crippen LogP contribution >= 0.6 is 0 Å². The summed E-state index contributed by atoms with van der Waals surface area (Å²) in [5, 5.41) is 8.70. The van der Waals surface area contributed by atoms with Gasteiger partial charge in [0, 0.05) is 57.2 Å². The lowest BCUT2D eigenvalue weighted by Gasteiger charge is -2.33. The minimum atomic E-state index is 0.344. The number of ether oxygens (including phenoxy) is 1. The van der Waals surface area contributed by atoms with Crippen molar-refractivity contribution in [3.05, 3.63) is 23.7 Å². The van der Waals surface area contributed by atoms with Crippen LogP contribution in [0.3, 0.4) is 0 Å². The Kier molecular flexibility index (Phi) is 5.49. The van der Waals surface area contributed by atoms with Gasteiger partial charge >= 0.3 is 0 Å². The third-order valence-corrected chi connectivity index (χ3v) is 5.22. The highest BCUT2D eigenvalue weighted by molar-refractivity contribution is 5.43. The molecule has 2 saturated heterocycles. The first-order valence-electron chi connectivity index (χ1n) is 9.71. The molecule has 2 aliphatic heterocycles. The Labute approximate surface area is 159 Å². The summed E-state index contributed by atoms with van der Waals surface area (Å²) in [6, 6.07) is 2.01.